The molecule has 7 heterocycles. The van der Waals surface area contributed by atoms with Gasteiger partial charge in [-0.15, -0.1) is 79.4 Å². The fourth-order valence-electron chi connectivity index (χ4n) is 13.6. The number of benzene rings is 11. The third-order valence-corrected chi connectivity index (χ3v) is 26.4. The molecule has 7 aromatic heterocycles. The zero-order valence-electron chi connectivity index (χ0n) is 61.3. The van der Waals surface area contributed by atoms with Crippen molar-refractivity contribution < 1.29 is 0 Å². The van der Waals surface area contributed by atoms with Crippen molar-refractivity contribution in [3.8, 4) is 44.5 Å². The summed E-state index contributed by atoms with van der Waals surface area (Å²) < 4.78 is 9.95. The van der Waals surface area contributed by atoms with E-state index in [0.29, 0.717) is 17.8 Å². The fourth-order valence-corrected chi connectivity index (χ4v) is 19.8. The van der Waals surface area contributed by atoms with Crippen LogP contribution in [-0.4, -0.2) is 0 Å². The lowest BCUT2D eigenvalue weighted by molar-refractivity contribution is 0.860. The molecule has 11 aromatic carbocycles. The molecule has 0 aliphatic carbocycles. The van der Waals surface area contributed by atoms with Crippen molar-refractivity contribution in [2.75, 3.05) is 0 Å². The number of hydrogen-bond donors (Lipinski definition) is 0. The molecule has 18 aromatic rings. The van der Waals surface area contributed by atoms with E-state index in [-0.39, 0.29) is 0 Å². The Labute approximate surface area is 638 Å². The summed E-state index contributed by atoms with van der Waals surface area (Å²) >= 11 is 12.8. The van der Waals surface area contributed by atoms with Crippen LogP contribution in [0.15, 0.2) is 286 Å². The van der Waals surface area contributed by atoms with Crippen LogP contribution in [0.1, 0.15) is 115 Å². The van der Waals surface area contributed by atoms with E-state index in [2.05, 4.69) is 376 Å². The second kappa shape index (κ2) is 34.6. The van der Waals surface area contributed by atoms with Crippen molar-refractivity contribution in [1.29, 1.82) is 0 Å². The molecule has 0 radical (unpaired) electrons. The lowest BCUT2D eigenvalue weighted by Crippen LogP contribution is -1.94. The summed E-state index contributed by atoms with van der Waals surface area (Å²) in [6, 6.07) is 89.1. The van der Waals surface area contributed by atoms with Gasteiger partial charge in [-0.05, 0) is 292 Å². The van der Waals surface area contributed by atoms with Crippen molar-refractivity contribution in [2.24, 2.45) is 0 Å². The third-order valence-electron chi connectivity index (χ3n) is 19.1. The molecule has 0 nitrogen and oxygen atoms in total. The molecule has 0 atom stereocenters. The van der Waals surface area contributed by atoms with E-state index in [9.17, 15) is 0 Å². The van der Waals surface area contributed by atoms with Gasteiger partial charge in [0.2, 0.25) is 0 Å². The lowest BCUT2D eigenvalue weighted by Gasteiger charge is -2.14. The van der Waals surface area contributed by atoms with Crippen LogP contribution < -0.4 is 0 Å². The topological polar surface area (TPSA) is 0 Å². The van der Waals surface area contributed by atoms with Crippen molar-refractivity contribution in [2.45, 2.75) is 108 Å². The first-order valence-electron chi connectivity index (χ1n) is 35.5. The van der Waals surface area contributed by atoms with Crippen LogP contribution in [-0.2, 0) is 0 Å². The van der Waals surface area contributed by atoms with Crippen LogP contribution in [0.4, 0.5) is 0 Å². The Hall–Kier alpha value is -8.86. The summed E-state index contributed by atoms with van der Waals surface area (Å²) in [6.07, 6.45) is 0. The predicted octanol–water partition coefficient (Wildman–Crippen LogP) is 32.5. The Morgan fingerprint density at radius 3 is 1.16 bits per heavy atom. The predicted molar refractivity (Wildman–Crippen MR) is 470 cm³/mol. The molecule has 0 saturated heterocycles. The summed E-state index contributed by atoms with van der Waals surface area (Å²) in [5.74, 6) is 1.82. The quantitative estimate of drug-likeness (QED) is 0.149. The molecule has 103 heavy (non-hydrogen) atoms. The first-order valence-corrected chi connectivity index (χ1v) is 41.7. The van der Waals surface area contributed by atoms with Gasteiger partial charge in [0.25, 0.3) is 0 Å². The maximum Gasteiger partial charge on any atom is 0.0380 e. The normalized spacial score (nSPS) is 11.0. The van der Waals surface area contributed by atoms with Crippen LogP contribution in [0.25, 0.3) is 115 Å². The second-order valence-electron chi connectivity index (χ2n) is 27.2. The minimum atomic E-state index is 0.564. The first-order chi connectivity index (χ1) is 50.0. The average Bonchev–Trinajstić information content (AvgIpc) is 1.77. The highest BCUT2D eigenvalue weighted by Gasteiger charge is 2.15. The highest BCUT2D eigenvalue weighted by Crippen LogP contribution is 2.40. The Bertz CT molecular complexity index is 5740. The summed E-state index contributed by atoms with van der Waals surface area (Å²) in [5, 5.41) is 24.8. The first kappa shape index (κ1) is 73.9. The van der Waals surface area contributed by atoms with Gasteiger partial charge in [-0.3, -0.25) is 0 Å². The van der Waals surface area contributed by atoms with E-state index in [1.54, 1.807) is 0 Å². The zero-order chi connectivity index (χ0) is 72.1. The standard InChI is InChI=1S/C18H18S.3C15H12S.2C12H14S.C9H8S/c1-12(2)16-11-17(14-7-5-4-6-8-14)15-9-10-19-18(15)13(16)3;1-11-9-14(12-5-3-2-4-6-12)10-13-7-8-16-15(11)13;1-11-14(12-5-3-2-4-6-12)8-7-13-9-10-16-15(11)13;1-11-7-8-13(12-5-3-2-4-6-12)14-9-10-16-15(11)14;1-8(2)11-6-9(3)12-10(7-11)4-5-13-12;1-8(2)11-5-4-10-6-7-13-12(10)9(11)3;1-7-3-2-4-8-5-6-10-9(7)8/h4-12H,1-3H3;3*2-10H,1H3;2*4-8H,1-3H3;2-6H,1H3. The third kappa shape index (κ3) is 17.5. The van der Waals surface area contributed by atoms with Gasteiger partial charge < -0.3 is 0 Å². The van der Waals surface area contributed by atoms with Gasteiger partial charge in [0.15, 0.2) is 0 Å². The van der Waals surface area contributed by atoms with Crippen molar-refractivity contribution in [3.05, 3.63) is 342 Å². The van der Waals surface area contributed by atoms with Gasteiger partial charge in [0.05, 0.1) is 0 Å². The van der Waals surface area contributed by atoms with Gasteiger partial charge in [-0.2, -0.15) is 0 Å². The lowest BCUT2D eigenvalue weighted by atomic mass is 9.91. The van der Waals surface area contributed by atoms with Gasteiger partial charge in [0.1, 0.15) is 0 Å². The van der Waals surface area contributed by atoms with Gasteiger partial charge in [-0.25, -0.2) is 0 Å². The summed E-state index contributed by atoms with van der Waals surface area (Å²) in [5.41, 5.74) is 24.8. The highest BCUT2D eigenvalue weighted by atomic mass is 32.1. The fraction of sp³-hybridized carbons (Fsp3) is 0.167. The van der Waals surface area contributed by atoms with Crippen LogP contribution >= 0.6 is 79.4 Å². The molecule has 18 rings (SSSR count). The van der Waals surface area contributed by atoms with Gasteiger partial charge in [0, 0.05) is 43.7 Å². The smallest absolute Gasteiger partial charge is 0.0380 e. The molecule has 0 bridgehead atoms. The molecule has 0 fully saturated rings. The Morgan fingerprint density at radius 1 is 0.214 bits per heavy atom. The van der Waals surface area contributed by atoms with Crippen molar-refractivity contribution in [3.63, 3.8) is 0 Å². The molecule has 0 aliphatic rings. The Balaban J connectivity index is 0.000000114. The summed E-state index contributed by atoms with van der Waals surface area (Å²) in [7, 11) is 0. The molecular weight excluding hydrogens is 1380 g/mol. The van der Waals surface area contributed by atoms with Crippen molar-refractivity contribution >= 4 is 150 Å². The molecule has 516 valence electrons. The zero-order valence-corrected chi connectivity index (χ0v) is 67.0. The number of thiophene rings is 7. The highest BCUT2D eigenvalue weighted by molar-refractivity contribution is 7.19. The molecule has 0 unspecified atom stereocenters. The number of aryl methyl sites for hydroxylation is 7. The number of rotatable bonds is 7. The van der Waals surface area contributed by atoms with Crippen LogP contribution in [0.3, 0.4) is 0 Å². The molecule has 0 N–H and O–H groups in total. The SMILES string of the molecule is Cc1c(-c2ccccc2)ccc2ccsc12.Cc1c(C(C)C)cc(-c2ccccc2)c2ccsc12.Cc1c(C(C)C)ccc2ccsc12.Cc1cc(-c2ccccc2)cc2ccsc12.Cc1cc(C(C)C)cc2ccsc12.Cc1ccc(-c2ccccc2)c2ccsc12.Cc1cccc2ccsc12. The Morgan fingerprint density at radius 2 is 0.612 bits per heavy atom. The molecular formula is C96H90S7. The number of fused-ring (bicyclic) bond motifs is 7. The minimum absolute atomic E-state index is 0.564. The van der Waals surface area contributed by atoms with E-state index < -0.39 is 0 Å². The van der Waals surface area contributed by atoms with Gasteiger partial charge in [-0.1, -0.05) is 230 Å². The molecule has 0 saturated carbocycles. The van der Waals surface area contributed by atoms with E-state index in [4.69, 9.17) is 0 Å². The maximum atomic E-state index is 2.38. The largest absolute Gasteiger partial charge is 0.144 e. The second-order valence-corrected chi connectivity index (χ2v) is 33.7. The molecule has 0 amide bonds. The van der Waals surface area contributed by atoms with Gasteiger partial charge >= 0.3 is 0 Å². The van der Waals surface area contributed by atoms with E-state index >= 15 is 0 Å². The van der Waals surface area contributed by atoms with Crippen molar-refractivity contribution in [1.82, 2.24) is 0 Å². The van der Waals surface area contributed by atoms with E-state index in [1.807, 2.05) is 79.4 Å². The van der Waals surface area contributed by atoms with Crippen LogP contribution in [0.5, 0.6) is 0 Å². The summed E-state index contributed by atoms with van der Waals surface area (Å²) in [6.45, 7) is 28.9. The monoisotopic (exact) mass is 1470 g/mol. The Kier molecular flexibility index (Phi) is 24.8. The van der Waals surface area contributed by atoms with Crippen LogP contribution in [0, 0.1) is 48.5 Å². The average molecular weight is 1470 g/mol. The van der Waals surface area contributed by atoms with Crippen LogP contribution in [0.2, 0.25) is 0 Å². The maximum absolute atomic E-state index is 2.38. The minimum Gasteiger partial charge on any atom is -0.144 e. The number of hydrogen-bond acceptors (Lipinski definition) is 7. The van der Waals surface area contributed by atoms with E-state index in [0.717, 1.165) is 0 Å². The summed E-state index contributed by atoms with van der Waals surface area (Å²) in [4.78, 5) is 0. The molecule has 0 aliphatic heterocycles. The molecule has 7 heteroatoms. The van der Waals surface area contributed by atoms with E-state index in [1.165, 1.54) is 171 Å². The molecule has 0 spiro atoms.